The van der Waals surface area contributed by atoms with Gasteiger partial charge in [0.15, 0.2) is 11.5 Å². The van der Waals surface area contributed by atoms with E-state index in [0.717, 1.165) is 7.05 Å². The highest BCUT2D eigenvalue weighted by Crippen LogP contribution is 2.37. The zero-order valence-corrected chi connectivity index (χ0v) is 7.24. The Morgan fingerprint density at radius 1 is 1.54 bits per heavy atom. The number of halogens is 4. The molecule has 13 heavy (non-hydrogen) atoms. The van der Waals surface area contributed by atoms with E-state index in [1.54, 1.807) is 0 Å². The van der Waals surface area contributed by atoms with Gasteiger partial charge in [-0.1, -0.05) is 11.6 Å². The molecule has 0 aromatic carbocycles. The Labute approximate surface area is 76.4 Å². The average Bonchev–Trinajstić information content (AvgIpc) is 2.24. The van der Waals surface area contributed by atoms with Crippen LogP contribution in [0, 0.1) is 0 Å². The van der Waals surface area contributed by atoms with Crippen LogP contribution in [0.15, 0.2) is 0 Å². The third kappa shape index (κ3) is 1.70. The highest BCUT2D eigenvalue weighted by Gasteiger charge is 2.38. The monoisotopic (exact) mass is 214 g/mol. The van der Waals surface area contributed by atoms with E-state index in [2.05, 4.69) is 5.10 Å². The number of aryl methyl sites for hydroxylation is 1. The number of rotatable bonds is 1. The molecule has 0 saturated heterocycles. The van der Waals surface area contributed by atoms with Gasteiger partial charge in [0.25, 0.3) is 0 Å². The molecule has 1 heterocycles. The molecule has 0 aliphatic heterocycles. The summed E-state index contributed by atoms with van der Waals surface area (Å²) in [6.45, 7) is 0. The Morgan fingerprint density at radius 2 is 2.08 bits per heavy atom. The molecule has 8 heteroatoms. The third-order valence-electron chi connectivity index (χ3n) is 1.39. The molecule has 0 atom stereocenters. The van der Waals surface area contributed by atoms with Crippen LogP contribution >= 0.6 is 11.6 Å². The molecule has 0 aliphatic rings. The van der Waals surface area contributed by atoms with Crippen molar-refractivity contribution in [3.63, 3.8) is 0 Å². The van der Waals surface area contributed by atoms with Crippen molar-refractivity contribution < 1.29 is 13.2 Å². The van der Waals surface area contributed by atoms with Crippen LogP contribution in [0.5, 0.6) is 0 Å². The summed E-state index contributed by atoms with van der Waals surface area (Å²) >= 11 is 5.37. The minimum Gasteiger partial charge on any atom is -0.306 e. The summed E-state index contributed by atoms with van der Waals surface area (Å²) in [7, 11) is 1.13. The van der Waals surface area contributed by atoms with E-state index in [0.29, 0.717) is 4.68 Å². The van der Waals surface area contributed by atoms with Gasteiger partial charge >= 0.3 is 6.18 Å². The molecule has 0 saturated carbocycles. The predicted octanol–water partition coefficient (Wildman–Crippen LogP) is 1.38. The number of nitrogens with zero attached hydrogens (tertiary/aromatic N) is 2. The van der Waals surface area contributed by atoms with Gasteiger partial charge in [-0.05, 0) is 0 Å². The fourth-order valence-electron chi connectivity index (χ4n) is 0.898. The van der Waals surface area contributed by atoms with Gasteiger partial charge in [-0.25, -0.2) is 5.84 Å². The van der Waals surface area contributed by atoms with E-state index >= 15 is 0 Å². The summed E-state index contributed by atoms with van der Waals surface area (Å²) in [6.07, 6.45) is -4.53. The maximum atomic E-state index is 12.2. The van der Waals surface area contributed by atoms with E-state index in [1.807, 2.05) is 5.43 Å². The molecule has 1 aromatic rings. The number of nitrogen functional groups attached to an aromatic ring is 1. The quantitative estimate of drug-likeness (QED) is 0.549. The van der Waals surface area contributed by atoms with Crippen molar-refractivity contribution in [2.75, 3.05) is 5.43 Å². The lowest BCUT2D eigenvalue weighted by Crippen LogP contribution is -2.12. The van der Waals surface area contributed by atoms with E-state index in [4.69, 9.17) is 17.4 Å². The van der Waals surface area contributed by atoms with E-state index in [1.165, 1.54) is 0 Å². The van der Waals surface area contributed by atoms with Crippen LogP contribution in [0.3, 0.4) is 0 Å². The van der Waals surface area contributed by atoms with Crippen molar-refractivity contribution in [3.8, 4) is 0 Å². The second-order valence-electron chi connectivity index (χ2n) is 2.28. The molecule has 0 fully saturated rings. The van der Waals surface area contributed by atoms with Crippen molar-refractivity contribution in [3.05, 3.63) is 10.7 Å². The third-order valence-corrected chi connectivity index (χ3v) is 1.75. The summed E-state index contributed by atoms with van der Waals surface area (Å²) in [5.41, 5.74) is 0.939. The van der Waals surface area contributed by atoms with Gasteiger partial charge in [-0.15, -0.1) is 0 Å². The van der Waals surface area contributed by atoms with E-state index in [9.17, 15) is 13.2 Å². The molecule has 4 nitrogen and oxygen atoms in total. The van der Waals surface area contributed by atoms with Crippen LogP contribution in [0.4, 0.5) is 19.0 Å². The highest BCUT2D eigenvalue weighted by molar-refractivity contribution is 6.33. The van der Waals surface area contributed by atoms with Crippen LogP contribution in [0.25, 0.3) is 0 Å². The highest BCUT2D eigenvalue weighted by atomic mass is 35.5. The van der Waals surface area contributed by atoms with Crippen molar-refractivity contribution >= 4 is 17.4 Å². The summed E-state index contributed by atoms with van der Waals surface area (Å²) in [6, 6.07) is 0. The van der Waals surface area contributed by atoms with Gasteiger partial charge in [-0.3, -0.25) is 4.68 Å². The second-order valence-corrected chi connectivity index (χ2v) is 2.65. The average molecular weight is 215 g/mol. The fourth-order valence-corrected chi connectivity index (χ4v) is 1.22. The van der Waals surface area contributed by atoms with Crippen molar-refractivity contribution in [1.82, 2.24) is 9.78 Å². The van der Waals surface area contributed by atoms with Crippen LogP contribution < -0.4 is 11.3 Å². The first-order valence-electron chi connectivity index (χ1n) is 3.14. The zero-order chi connectivity index (χ0) is 10.2. The number of hydrogen-bond acceptors (Lipinski definition) is 3. The van der Waals surface area contributed by atoms with E-state index in [-0.39, 0.29) is 5.82 Å². The molecule has 1 rings (SSSR count). The van der Waals surface area contributed by atoms with Crippen LogP contribution in [0.2, 0.25) is 5.02 Å². The molecule has 3 N–H and O–H groups in total. The van der Waals surface area contributed by atoms with Crippen molar-refractivity contribution in [2.24, 2.45) is 12.9 Å². The van der Waals surface area contributed by atoms with Crippen LogP contribution in [-0.2, 0) is 13.2 Å². The number of alkyl halides is 3. The Balaban J connectivity index is 3.29. The van der Waals surface area contributed by atoms with Gasteiger partial charge in [0.05, 0.1) is 0 Å². The Bertz CT molecular complexity index is 318. The van der Waals surface area contributed by atoms with Crippen LogP contribution in [0.1, 0.15) is 5.69 Å². The minimum atomic E-state index is -4.53. The van der Waals surface area contributed by atoms with Crippen molar-refractivity contribution in [1.29, 1.82) is 0 Å². The van der Waals surface area contributed by atoms with Crippen LogP contribution in [-0.4, -0.2) is 9.78 Å². The van der Waals surface area contributed by atoms with Gasteiger partial charge in [0, 0.05) is 7.05 Å². The molecular formula is C5H6ClF3N4. The number of aromatic nitrogens is 2. The Hall–Kier alpha value is -0.950. The summed E-state index contributed by atoms with van der Waals surface area (Å²) in [5.74, 6) is 4.70. The number of nitrogens with one attached hydrogen (secondary N) is 1. The largest absolute Gasteiger partial charge is 0.434 e. The maximum Gasteiger partial charge on any atom is 0.434 e. The second kappa shape index (κ2) is 3.08. The zero-order valence-electron chi connectivity index (χ0n) is 6.48. The lowest BCUT2D eigenvalue weighted by molar-refractivity contribution is -0.143. The van der Waals surface area contributed by atoms with Crippen molar-refractivity contribution in [2.45, 2.75) is 6.18 Å². The van der Waals surface area contributed by atoms with Gasteiger partial charge in [0.1, 0.15) is 5.02 Å². The number of nitrogens with two attached hydrogens (primary N) is 1. The fraction of sp³-hybridized carbons (Fsp3) is 0.400. The molecular weight excluding hydrogens is 209 g/mol. The molecule has 1 aromatic heterocycles. The SMILES string of the molecule is Cn1nc(NN)c(Cl)c1C(F)(F)F. The standard InChI is InChI=1S/C5H6ClF3N4/c1-13-3(5(7,8)9)2(6)4(11-10)12-13/h10H2,1H3,(H,11,12). The molecule has 0 radical (unpaired) electrons. The molecule has 0 unspecified atom stereocenters. The van der Waals surface area contributed by atoms with Gasteiger partial charge < -0.3 is 5.43 Å². The Morgan fingerprint density at radius 3 is 2.31 bits per heavy atom. The first-order valence-corrected chi connectivity index (χ1v) is 3.52. The lowest BCUT2D eigenvalue weighted by atomic mass is 10.4. The molecule has 0 bridgehead atoms. The van der Waals surface area contributed by atoms with Gasteiger partial charge in [0.2, 0.25) is 0 Å². The maximum absolute atomic E-state index is 12.2. The van der Waals surface area contributed by atoms with E-state index < -0.39 is 16.9 Å². The number of hydrogen-bond donors (Lipinski definition) is 2. The Kier molecular flexibility index (Phi) is 2.40. The number of anilines is 1. The summed E-state index contributed by atoms with van der Waals surface area (Å²) < 4.78 is 37.4. The molecule has 74 valence electrons. The molecule has 0 aliphatic carbocycles. The number of hydrazine groups is 1. The smallest absolute Gasteiger partial charge is 0.306 e. The summed E-state index contributed by atoms with van der Waals surface area (Å²) in [5, 5.41) is 2.89. The molecule has 0 amide bonds. The predicted molar refractivity (Wildman–Crippen MR) is 41.0 cm³/mol. The lowest BCUT2D eigenvalue weighted by Gasteiger charge is -2.05. The minimum absolute atomic E-state index is 0.198. The van der Waals surface area contributed by atoms with Gasteiger partial charge in [-0.2, -0.15) is 18.3 Å². The first kappa shape index (κ1) is 10.1. The first-order chi connectivity index (χ1) is 5.88. The normalized spacial score (nSPS) is 11.8. The molecule has 0 spiro atoms. The topological polar surface area (TPSA) is 55.9 Å². The summed E-state index contributed by atoms with van der Waals surface area (Å²) in [4.78, 5) is 0.